The number of carbonyl (C=O) groups is 1. The number of aliphatic carboxylic acids is 1. The van der Waals surface area contributed by atoms with Gasteiger partial charge < -0.3 is 20.9 Å². The molecule has 5 N–H and O–H groups in total. The number of rotatable bonds is 5. The van der Waals surface area contributed by atoms with Crippen LogP contribution in [0, 0.1) is 0 Å². The number of carboxylic acid groups (broad SMARTS) is 1. The molecule has 0 atom stereocenters. The van der Waals surface area contributed by atoms with E-state index in [1.165, 1.54) is 0 Å². The number of hydrogen-bond acceptors (Lipinski definition) is 4. The van der Waals surface area contributed by atoms with Crippen LogP contribution in [0.2, 0.25) is 0 Å². The maximum absolute atomic E-state index is 11.2. The molecule has 1 aromatic heterocycles. The molecule has 1 heterocycles. The average molecular weight is 215 g/mol. The van der Waals surface area contributed by atoms with Crippen molar-refractivity contribution in [2.75, 3.05) is 6.54 Å². The summed E-state index contributed by atoms with van der Waals surface area (Å²) in [5.41, 5.74) is 4.98. The number of imidazole rings is 1. The zero-order valence-corrected chi connectivity index (χ0v) is 8.06. The lowest BCUT2D eigenvalue weighted by molar-refractivity contribution is -0.137. The number of aromatic hydroxyl groups is 1. The fourth-order valence-corrected chi connectivity index (χ4v) is 1.25. The fourth-order valence-electron chi connectivity index (χ4n) is 1.25. The zero-order valence-electron chi connectivity index (χ0n) is 8.06. The summed E-state index contributed by atoms with van der Waals surface area (Å²) in [6.45, 7) is -0.116. The van der Waals surface area contributed by atoms with Crippen molar-refractivity contribution in [3.05, 3.63) is 16.2 Å². The van der Waals surface area contributed by atoms with Crippen LogP contribution in [0.15, 0.2) is 4.79 Å². The summed E-state index contributed by atoms with van der Waals surface area (Å²) in [4.78, 5) is 24.0. The summed E-state index contributed by atoms with van der Waals surface area (Å²) in [6, 6.07) is 0. The van der Waals surface area contributed by atoms with Gasteiger partial charge >= 0.3 is 11.7 Å². The van der Waals surface area contributed by atoms with Gasteiger partial charge in [-0.2, -0.15) is 0 Å². The van der Waals surface area contributed by atoms with Crippen molar-refractivity contribution in [2.24, 2.45) is 5.73 Å². The monoisotopic (exact) mass is 215 g/mol. The van der Waals surface area contributed by atoms with Crippen molar-refractivity contribution in [3.8, 4) is 5.88 Å². The minimum Gasteiger partial charge on any atom is -0.493 e. The molecule has 0 aliphatic rings. The first kappa shape index (κ1) is 11.3. The van der Waals surface area contributed by atoms with Gasteiger partial charge in [0.2, 0.25) is 5.88 Å². The summed E-state index contributed by atoms with van der Waals surface area (Å²) < 4.78 is 0.772. The van der Waals surface area contributed by atoms with E-state index in [1.54, 1.807) is 0 Å². The largest absolute Gasteiger partial charge is 0.493 e. The van der Waals surface area contributed by atoms with Crippen molar-refractivity contribution in [3.63, 3.8) is 0 Å². The molecular weight excluding hydrogens is 202 g/mol. The van der Waals surface area contributed by atoms with Crippen LogP contribution >= 0.6 is 0 Å². The second kappa shape index (κ2) is 4.65. The summed E-state index contributed by atoms with van der Waals surface area (Å²) in [7, 11) is 0. The summed E-state index contributed by atoms with van der Waals surface area (Å²) in [6.07, 6.45) is 1.03. The van der Waals surface area contributed by atoms with Crippen LogP contribution in [0.25, 0.3) is 0 Å². The molecule has 0 saturated carbocycles. The topological polar surface area (TPSA) is 121 Å². The Balaban J connectivity index is 2.93. The van der Waals surface area contributed by atoms with Crippen LogP contribution in [0.4, 0.5) is 0 Å². The second-order valence-corrected chi connectivity index (χ2v) is 3.10. The van der Waals surface area contributed by atoms with E-state index < -0.39 is 18.2 Å². The minimum absolute atomic E-state index is 0.323. The van der Waals surface area contributed by atoms with Crippen molar-refractivity contribution < 1.29 is 15.0 Å². The minimum atomic E-state index is -1.18. The van der Waals surface area contributed by atoms with Gasteiger partial charge in [0, 0.05) is 0 Å². The maximum atomic E-state index is 11.2. The van der Waals surface area contributed by atoms with Crippen LogP contribution in [0.1, 0.15) is 12.1 Å². The summed E-state index contributed by atoms with van der Waals surface area (Å²) >= 11 is 0. The molecule has 1 aromatic rings. The van der Waals surface area contributed by atoms with Crippen LogP contribution in [0.3, 0.4) is 0 Å². The molecule has 0 aliphatic carbocycles. The Kier molecular flexibility index (Phi) is 3.51. The number of nitrogens with zero attached hydrogens (tertiary/aromatic N) is 1. The lowest BCUT2D eigenvalue weighted by Crippen LogP contribution is -2.21. The summed E-state index contributed by atoms with van der Waals surface area (Å²) in [5.74, 6) is -1.51. The Bertz CT molecular complexity index is 407. The van der Waals surface area contributed by atoms with E-state index in [2.05, 4.69) is 4.98 Å². The zero-order chi connectivity index (χ0) is 11.4. The predicted molar refractivity (Wildman–Crippen MR) is 51.7 cm³/mol. The molecule has 7 heteroatoms. The van der Waals surface area contributed by atoms with E-state index in [-0.39, 0.29) is 5.88 Å². The molecule has 0 unspecified atom stereocenters. The van der Waals surface area contributed by atoms with Gasteiger partial charge in [-0.3, -0.25) is 9.36 Å². The molecule has 7 nitrogen and oxygen atoms in total. The van der Waals surface area contributed by atoms with E-state index in [1.807, 2.05) is 0 Å². The summed E-state index contributed by atoms with van der Waals surface area (Å²) in [5, 5.41) is 18.0. The number of carboxylic acids is 1. The third-order valence-corrected chi connectivity index (χ3v) is 1.95. The quantitative estimate of drug-likeness (QED) is 0.494. The van der Waals surface area contributed by atoms with E-state index in [4.69, 9.17) is 10.8 Å². The predicted octanol–water partition coefficient (Wildman–Crippen LogP) is -1.14. The number of aromatic amines is 1. The van der Waals surface area contributed by atoms with Gasteiger partial charge in [-0.25, -0.2) is 4.79 Å². The lowest BCUT2D eigenvalue weighted by Gasteiger charge is -1.99. The highest BCUT2D eigenvalue weighted by molar-refractivity contribution is 5.66. The van der Waals surface area contributed by atoms with Crippen molar-refractivity contribution in [2.45, 2.75) is 19.4 Å². The third kappa shape index (κ3) is 2.59. The van der Waals surface area contributed by atoms with Gasteiger partial charge in [0.05, 0.1) is 5.69 Å². The lowest BCUT2D eigenvalue weighted by atomic mass is 10.2. The molecule has 0 aromatic carbocycles. The first-order valence-electron chi connectivity index (χ1n) is 4.48. The number of H-pyrrole nitrogens is 1. The smallest absolute Gasteiger partial charge is 0.329 e. The Labute approximate surface area is 85.1 Å². The highest BCUT2D eigenvalue weighted by atomic mass is 16.4. The van der Waals surface area contributed by atoms with Gasteiger partial charge in [0.1, 0.15) is 6.54 Å². The molecule has 1 rings (SSSR count). The average Bonchev–Trinajstić information content (AvgIpc) is 2.42. The van der Waals surface area contributed by atoms with Crippen molar-refractivity contribution in [1.82, 2.24) is 9.55 Å². The molecule has 0 aliphatic heterocycles. The van der Waals surface area contributed by atoms with E-state index >= 15 is 0 Å². The van der Waals surface area contributed by atoms with Crippen molar-refractivity contribution in [1.29, 1.82) is 0 Å². The molecule has 15 heavy (non-hydrogen) atoms. The molecule has 0 amide bonds. The maximum Gasteiger partial charge on any atom is 0.329 e. The first-order valence-corrected chi connectivity index (χ1v) is 4.48. The Morgan fingerprint density at radius 2 is 2.20 bits per heavy atom. The third-order valence-electron chi connectivity index (χ3n) is 1.95. The van der Waals surface area contributed by atoms with Crippen LogP contribution in [-0.4, -0.2) is 32.3 Å². The van der Waals surface area contributed by atoms with Crippen molar-refractivity contribution >= 4 is 5.97 Å². The Morgan fingerprint density at radius 1 is 1.53 bits per heavy atom. The fraction of sp³-hybridized carbons (Fsp3) is 0.500. The number of aryl methyl sites for hydroxylation is 1. The first-order chi connectivity index (χ1) is 7.06. The molecule has 0 bridgehead atoms. The molecule has 0 radical (unpaired) electrons. The van der Waals surface area contributed by atoms with Gasteiger partial charge in [-0.15, -0.1) is 0 Å². The molecule has 0 fully saturated rings. The molecular formula is C8H13N3O4. The van der Waals surface area contributed by atoms with Crippen LogP contribution < -0.4 is 11.4 Å². The van der Waals surface area contributed by atoms with Gasteiger partial charge in [-0.05, 0) is 19.4 Å². The number of aromatic nitrogens is 2. The van der Waals surface area contributed by atoms with Gasteiger partial charge in [0.15, 0.2) is 0 Å². The van der Waals surface area contributed by atoms with E-state index in [0.717, 1.165) is 4.57 Å². The molecule has 84 valence electrons. The second-order valence-electron chi connectivity index (χ2n) is 3.10. The van der Waals surface area contributed by atoms with E-state index in [0.29, 0.717) is 25.1 Å². The number of nitrogens with two attached hydrogens (primary N) is 1. The standard InChI is InChI=1S/C8H13N3O4/c9-3-1-2-5-7(14)11(4-6(12)13)8(15)10-5/h14H,1-4,9H2,(H,10,15)(H,12,13). The highest BCUT2D eigenvalue weighted by Gasteiger charge is 2.14. The molecule has 0 spiro atoms. The van der Waals surface area contributed by atoms with Gasteiger partial charge in [0.25, 0.3) is 0 Å². The Morgan fingerprint density at radius 3 is 2.73 bits per heavy atom. The normalized spacial score (nSPS) is 10.5. The number of nitrogens with one attached hydrogen (secondary N) is 1. The van der Waals surface area contributed by atoms with Gasteiger partial charge in [-0.1, -0.05) is 0 Å². The highest BCUT2D eigenvalue weighted by Crippen LogP contribution is 2.13. The Hall–Kier alpha value is -1.76. The van der Waals surface area contributed by atoms with E-state index in [9.17, 15) is 14.7 Å². The number of hydrogen-bond donors (Lipinski definition) is 4. The van der Waals surface area contributed by atoms with Crippen LogP contribution in [0.5, 0.6) is 5.88 Å². The SMILES string of the molecule is NCCCc1[nH]c(=O)n(CC(=O)O)c1O. The van der Waals surface area contributed by atoms with Crippen LogP contribution in [-0.2, 0) is 17.8 Å². The molecule has 0 saturated heterocycles.